The Labute approximate surface area is 100 Å². The number of hydrogen-bond acceptors (Lipinski definition) is 6. The molecule has 3 fully saturated rings. The summed E-state index contributed by atoms with van der Waals surface area (Å²) in [5, 5.41) is 18.2. The second-order valence-electron chi connectivity index (χ2n) is 5.25. The van der Waals surface area contributed by atoms with Crippen molar-refractivity contribution in [1.29, 1.82) is 0 Å². The van der Waals surface area contributed by atoms with Crippen molar-refractivity contribution in [2.45, 2.75) is 37.9 Å². The van der Waals surface area contributed by atoms with E-state index in [1.165, 1.54) is 12.8 Å². The first-order valence-corrected chi connectivity index (χ1v) is 6.43. The number of fused-ring (bicyclic) bond motifs is 4. The highest BCUT2D eigenvalue weighted by Gasteiger charge is 2.53. The molecule has 3 aliphatic heterocycles. The molecule has 0 spiro atoms. The lowest BCUT2D eigenvalue weighted by Crippen LogP contribution is -3.18. The summed E-state index contributed by atoms with van der Waals surface area (Å²) in [5.41, 5.74) is 6.62. The second kappa shape index (κ2) is 3.64. The van der Waals surface area contributed by atoms with Crippen LogP contribution >= 0.6 is 0 Å². The van der Waals surface area contributed by atoms with Gasteiger partial charge in [-0.1, -0.05) is 11.5 Å². The minimum Gasteiger partial charge on any atom is -0.612 e. The SMILES string of the molecule is [O-][NH+]1C2CCCCC2C2NN3C=CCN3NN21. The van der Waals surface area contributed by atoms with E-state index < -0.39 is 0 Å². The van der Waals surface area contributed by atoms with Crippen LogP contribution in [-0.2, 0) is 0 Å². The van der Waals surface area contributed by atoms with E-state index in [4.69, 9.17) is 0 Å². The van der Waals surface area contributed by atoms with Gasteiger partial charge in [-0.05, 0) is 18.9 Å². The topological polar surface area (TPSA) is 61.3 Å². The molecule has 7 nitrogen and oxygen atoms in total. The summed E-state index contributed by atoms with van der Waals surface area (Å²) >= 11 is 0. The van der Waals surface area contributed by atoms with Crippen molar-refractivity contribution in [3.05, 3.63) is 17.5 Å². The maximum Gasteiger partial charge on any atom is 0.153 e. The van der Waals surface area contributed by atoms with Gasteiger partial charge in [-0.2, -0.15) is 5.43 Å². The monoisotopic (exact) mass is 238 g/mol. The molecule has 0 amide bonds. The first kappa shape index (κ1) is 10.2. The van der Waals surface area contributed by atoms with Crippen molar-refractivity contribution < 1.29 is 5.17 Å². The molecular formula is C10H18N6O. The summed E-state index contributed by atoms with van der Waals surface area (Å²) in [4.78, 5) is 0. The van der Waals surface area contributed by atoms with Crippen LogP contribution in [0.15, 0.2) is 12.3 Å². The van der Waals surface area contributed by atoms with Crippen LogP contribution in [0.25, 0.3) is 0 Å². The Bertz CT molecular complexity index is 350. The fraction of sp³-hybridized carbons (Fsp3) is 0.800. The van der Waals surface area contributed by atoms with Gasteiger partial charge in [-0.25, -0.2) is 5.12 Å². The first-order chi connectivity index (χ1) is 8.34. The summed E-state index contributed by atoms with van der Waals surface area (Å²) in [6.45, 7) is 0.791. The van der Waals surface area contributed by atoms with E-state index in [1.54, 1.807) is 5.12 Å². The molecular weight excluding hydrogens is 220 g/mol. The van der Waals surface area contributed by atoms with E-state index in [0.717, 1.165) is 19.4 Å². The fourth-order valence-corrected chi connectivity index (χ4v) is 3.49. The predicted octanol–water partition coefficient (Wildman–Crippen LogP) is -1.53. The highest BCUT2D eigenvalue weighted by atomic mass is 16.6. The zero-order chi connectivity index (χ0) is 11.4. The van der Waals surface area contributed by atoms with Gasteiger partial charge >= 0.3 is 0 Å². The van der Waals surface area contributed by atoms with Gasteiger partial charge in [0.2, 0.25) is 0 Å². The lowest BCUT2D eigenvalue weighted by molar-refractivity contribution is -0.996. The highest BCUT2D eigenvalue weighted by Crippen LogP contribution is 2.31. The fourth-order valence-electron chi connectivity index (χ4n) is 3.49. The van der Waals surface area contributed by atoms with Crippen LogP contribution in [0.4, 0.5) is 0 Å². The summed E-state index contributed by atoms with van der Waals surface area (Å²) in [5.74, 6) is 0.458. The van der Waals surface area contributed by atoms with E-state index in [1.807, 2.05) is 16.4 Å². The molecule has 3 heterocycles. The van der Waals surface area contributed by atoms with E-state index in [0.29, 0.717) is 5.92 Å². The molecule has 2 saturated heterocycles. The third-order valence-electron chi connectivity index (χ3n) is 4.33. The maximum atomic E-state index is 12.3. The molecule has 94 valence electrons. The summed E-state index contributed by atoms with van der Waals surface area (Å²) in [6.07, 6.45) is 8.84. The van der Waals surface area contributed by atoms with Crippen molar-refractivity contribution in [3.63, 3.8) is 0 Å². The third kappa shape index (κ3) is 1.38. The van der Waals surface area contributed by atoms with Crippen molar-refractivity contribution in [2.75, 3.05) is 6.54 Å². The van der Waals surface area contributed by atoms with Gasteiger partial charge in [-0.3, -0.25) is 5.17 Å². The number of nitrogens with one attached hydrogen (secondary N) is 3. The molecule has 4 unspecified atom stereocenters. The largest absolute Gasteiger partial charge is 0.612 e. The smallest absolute Gasteiger partial charge is 0.153 e. The number of hydroxylamine groups is 1. The van der Waals surface area contributed by atoms with E-state index in [2.05, 4.69) is 17.0 Å². The van der Waals surface area contributed by atoms with Gasteiger partial charge in [0.15, 0.2) is 6.17 Å². The molecule has 4 rings (SSSR count). The Balaban J connectivity index is 1.61. The normalized spacial score (nSPS) is 45.8. The van der Waals surface area contributed by atoms with Crippen LogP contribution in [-0.4, -0.2) is 34.1 Å². The quantitative estimate of drug-likeness (QED) is 0.445. The highest BCUT2D eigenvalue weighted by molar-refractivity contribution is 4.94. The van der Waals surface area contributed by atoms with E-state index >= 15 is 0 Å². The van der Waals surface area contributed by atoms with Crippen molar-refractivity contribution in [1.82, 2.24) is 26.3 Å². The van der Waals surface area contributed by atoms with Crippen LogP contribution in [0.5, 0.6) is 0 Å². The van der Waals surface area contributed by atoms with E-state index in [-0.39, 0.29) is 17.4 Å². The van der Waals surface area contributed by atoms with Crippen LogP contribution in [0, 0.1) is 11.1 Å². The molecule has 0 aromatic carbocycles. The number of hydrazine groups is 4. The third-order valence-corrected chi connectivity index (χ3v) is 4.33. The summed E-state index contributed by atoms with van der Waals surface area (Å²) < 4.78 is 0. The van der Waals surface area contributed by atoms with Gasteiger partial charge in [0.25, 0.3) is 0 Å². The molecule has 1 aliphatic carbocycles. The minimum absolute atomic E-state index is 0.117. The molecule has 4 aliphatic rings. The van der Waals surface area contributed by atoms with Crippen molar-refractivity contribution in [2.24, 2.45) is 5.92 Å². The lowest BCUT2D eigenvalue weighted by atomic mass is 9.84. The molecule has 4 atom stereocenters. The van der Waals surface area contributed by atoms with Gasteiger partial charge < -0.3 is 5.21 Å². The van der Waals surface area contributed by atoms with Crippen molar-refractivity contribution >= 4 is 0 Å². The standard InChI is InChI=1S/C10H18N6O/c17-16-9-5-2-1-4-8(9)10-11-13-6-3-7-14(13)12-15(10)16/h3,6,8-12,16H,1-2,4-5,7H2. The zero-order valence-corrected chi connectivity index (χ0v) is 9.67. The average molecular weight is 238 g/mol. The van der Waals surface area contributed by atoms with Crippen LogP contribution < -0.4 is 16.1 Å². The molecule has 17 heavy (non-hydrogen) atoms. The lowest BCUT2D eigenvalue weighted by Gasteiger charge is -2.44. The summed E-state index contributed by atoms with van der Waals surface area (Å²) in [7, 11) is 0. The zero-order valence-electron chi connectivity index (χ0n) is 9.67. The number of quaternary nitrogens is 1. The van der Waals surface area contributed by atoms with Gasteiger partial charge in [0.1, 0.15) is 6.04 Å². The Kier molecular flexibility index (Phi) is 2.20. The van der Waals surface area contributed by atoms with Gasteiger partial charge in [-0.15, -0.1) is 10.7 Å². The van der Waals surface area contributed by atoms with Crippen molar-refractivity contribution in [3.8, 4) is 0 Å². The minimum atomic E-state index is 0.117. The molecule has 0 radical (unpaired) electrons. The molecule has 0 aromatic rings. The molecule has 0 aromatic heterocycles. The molecule has 7 heteroatoms. The van der Waals surface area contributed by atoms with Crippen LogP contribution in [0.3, 0.4) is 0 Å². The Morgan fingerprint density at radius 1 is 1.29 bits per heavy atom. The Morgan fingerprint density at radius 3 is 3.12 bits per heavy atom. The van der Waals surface area contributed by atoms with Crippen LogP contribution in [0.1, 0.15) is 25.7 Å². The first-order valence-electron chi connectivity index (χ1n) is 6.43. The molecule has 3 N–H and O–H groups in total. The van der Waals surface area contributed by atoms with Gasteiger partial charge in [0, 0.05) is 12.6 Å². The van der Waals surface area contributed by atoms with Crippen LogP contribution in [0.2, 0.25) is 0 Å². The maximum absolute atomic E-state index is 12.3. The average Bonchev–Trinajstić information content (AvgIpc) is 2.92. The summed E-state index contributed by atoms with van der Waals surface area (Å²) in [6, 6.07) is 0.221. The number of hydrogen-bond donors (Lipinski definition) is 3. The number of rotatable bonds is 0. The van der Waals surface area contributed by atoms with E-state index in [9.17, 15) is 5.21 Å². The predicted molar refractivity (Wildman–Crippen MR) is 59.7 cm³/mol. The Hall–Kier alpha value is -0.700. The van der Waals surface area contributed by atoms with Gasteiger partial charge in [0.05, 0.1) is 12.5 Å². The number of nitrogens with zero attached hydrogens (tertiary/aromatic N) is 3. The second-order valence-corrected chi connectivity index (χ2v) is 5.25. The molecule has 0 bridgehead atoms. The Morgan fingerprint density at radius 2 is 2.18 bits per heavy atom. The molecule has 1 saturated carbocycles.